The molecule has 6 rings (SSSR count). The Kier molecular flexibility index (Phi) is 6.86. The molecule has 1 aliphatic carbocycles. The summed E-state index contributed by atoms with van der Waals surface area (Å²) in [7, 11) is 0. The number of benzene rings is 3. The summed E-state index contributed by atoms with van der Waals surface area (Å²) in [5.74, 6) is 0.474. The molecule has 0 spiro atoms. The van der Waals surface area contributed by atoms with Gasteiger partial charge in [-0.25, -0.2) is 0 Å². The zero-order chi connectivity index (χ0) is 28.2. The number of hydrogen-bond acceptors (Lipinski definition) is 8. The van der Waals surface area contributed by atoms with E-state index < -0.39 is 22.7 Å². The monoisotopic (exact) mass is 557 g/mol. The summed E-state index contributed by atoms with van der Waals surface area (Å²) in [4.78, 5) is 28.6. The fourth-order valence-electron chi connectivity index (χ4n) is 6.40. The average Bonchev–Trinajstić information content (AvgIpc) is 3.37. The molecule has 2 heterocycles. The third kappa shape index (κ3) is 4.19. The van der Waals surface area contributed by atoms with Gasteiger partial charge in [0.1, 0.15) is 17.0 Å². The van der Waals surface area contributed by atoms with Crippen molar-refractivity contribution in [2.45, 2.75) is 60.4 Å². The normalized spacial score (nSPS) is 27.2. The summed E-state index contributed by atoms with van der Waals surface area (Å²) in [6.45, 7) is 5.59. The number of piperidine rings is 1. The zero-order valence-corrected chi connectivity index (χ0v) is 23.5. The smallest absolute Gasteiger partial charge is 0.234 e. The van der Waals surface area contributed by atoms with E-state index in [2.05, 4.69) is 10.6 Å². The van der Waals surface area contributed by atoms with Crippen LogP contribution in [0.5, 0.6) is 11.5 Å². The van der Waals surface area contributed by atoms with Crippen LogP contribution in [-0.4, -0.2) is 42.1 Å². The summed E-state index contributed by atoms with van der Waals surface area (Å²) >= 11 is 1.39. The van der Waals surface area contributed by atoms with Gasteiger partial charge in [-0.2, -0.15) is 0 Å². The number of amides is 1. The molecule has 3 aromatic rings. The number of ketones is 1. The minimum atomic E-state index is -1.49. The van der Waals surface area contributed by atoms with E-state index in [0.29, 0.717) is 22.6 Å². The van der Waals surface area contributed by atoms with Crippen LogP contribution < -0.4 is 32.6 Å². The number of anilines is 1. The van der Waals surface area contributed by atoms with Gasteiger partial charge >= 0.3 is 0 Å². The minimum absolute atomic E-state index is 0.0498. The van der Waals surface area contributed by atoms with Crippen molar-refractivity contribution in [3.05, 3.63) is 82.4 Å². The van der Waals surface area contributed by atoms with Crippen molar-refractivity contribution >= 4 is 29.1 Å². The maximum absolute atomic E-state index is 14.2. The number of nitrogen functional groups attached to an aromatic ring is 1. The second-order valence-corrected chi connectivity index (χ2v) is 12.2. The Balaban J connectivity index is 1.40. The van der Waals surface area contributed by atoms with E-state index in [1.165, 1.54) is 11.8 Å². The molecular weight excluding hydrogens is 522 g/mol. The SMILES string of the molecule is Cc1c(Oc2ccccc2)ccc(C2(N)C(=O)C(N)C3c4c2ccc(N)c4SC3C(=O)NC2CCCNC2)c1C. The van der Waals surface area contributed by atoms with E-state index in [-0.39, 0.29) is 17.7 Å². The van der Waals surface area contributed by atoms with Gasteiger partial charge in [-0.15, -0.1) is 11.8 Å². The van der Waals surface area contributed by atoms with Crippen molar-refractivity contribution in [2.24, 2.45) is 11.5 Å². The van der Waals surface area contributed by atoms with Gasteiger partial charge in [0.2, 0.25) is 5.91 Å². The lowest BCUT2D eigenvalue weighted by atomic mass is 9.64. The maximum atomic E-state index is 14.2. The van der Waals surface area contributed by atoms with Crippen molar-refractivity contribution in [2.75, 3.05) is 18.8 Å². The summed E-state index contributed by atoms with van der Waals surface area (Å²) in [6, 6.07) is 16.0. The van der Waals surface area contributed by atoms with E-state index in [9.17, 15) is 9.59 Å². The third-order valence-corrected chi connectivity index (χ3v) is 10.1. The van der Waals surface area contributed by atoms with E-state index in [4.69, 9.17) is 21.9 Å². The third-order valence-electron chi connectivity index (χ3n) is 8.67. The second-order valence-electron chi connectivity index (χ2n) is 11.0. The van der Waals surface area contributed by atoms with Crippen molar-refractivity contribution < 1.29 is 14.3 Å². The highest BCUT2D eigenvalue weighted by molar-refractivity contribution is 8.01. The van der Waals surface area contributed by atoms with Crippen molar-refractivity contribution in [3.63, 3.8) is 0 Å². The Morgan fingerprint density at radius 2 is 1.82 bits per heavy atom. The van der Waals surface area contributed by atoms with Crippen LogP contribution in [0.3, 0.4) is 0 Å². The van der Waals surface area contributed by atoms with Gasteiger partial charge < -0.3 is 32.6 Å². The van der Waals surface area contributed by atoms with E-state index >= 15 is 0 Å². The standard InChI is InChI=1S/C31H35N5O3S/c1-16-17(2)23(39-19-8-4-3-5-9-19)13-11-20(16)31(34)21-10-12-22(32)27-24(21)25(26(33)29(31)37)28(40-27)30(38)36-18-7-6-14-35-15-18/h3-5,8-13,18,25-26,28,35H,6-7,14-15,32-34H2,1-2H3,(H,36,38). The fraction of sp³-hybridized carbons (Fsp3) is 0.355. The molecule has 40 heavy (non-hydrogen) atoms. The van der Waals surface area contributed by atoms with Crippen LogP contribution in [0.1, 0.15) is 46.6 Å². The van der Waals surface area contributed by atoms with Crippen molar-refractivity contribution in [3.8, 4) is 11.5 Å². The van der Waals surface area contributed by atoms with E-state index in [1.54, 1.807) is 6.07 Å². The van der Waals surface area contributed by atoms with Gasteiger partial charge in [0.15, 0.2) is 5.78 Å². The van der Waals surface area contributed by atoms with Crippen molar-refractivity contribution in [1.29, 1.82) is 0 Å². The van der Waals surface area contributed by atoms with Crippen molar-refractivity contribution in [1.82, 2.24) is 10.6 Å². The lowest BCUT2D eigenvalue weighted by Gasteiger charge is -2.42. The molecule has 8 N–H and O–H groups in total. The molecule has 9 heteroatoms. The lowest BCUT2D eigenvalue weighted by molar-refractivity contribution is -0.126. The molecule has 8 nitrogen and oxygen atoms in total. The number of Topliss-reactive ketones (excluding diaryl/α,β-unsaturated/α-hetero) is 1. The predicted octanol–water partition coefficient (Wildman–Crippen LogP) is 3.22. The topological polar surface area (TPSA) is 145 Å². The average molecular weight is 558 g/mol. The second kappa shape index (κ2) is 10.2. The quantitative estimate of drug-likeness (QED) is 0.301. The Morgan fingerprint density at radius 3 is 2.55 bits per heavy atom. The summed E-state index contributed by atoms with van der Waals surface area (Å²) in [6.07, 6.45) is 1.92. The number of rotatable bonds is 5. The Hall–Kier alpha value is -3.37. The molecule has 0 aromatic heterocycles. The summed E-state index contributed by atoms with van der Waals surface area (Å²) in [5.41, 5.74) is 23.3. The molecule has 2 aliphatic heterocycles. The summed E-state index contributed by atoms with van der Waals surface area (Å²) in [5, 5.41) is 5.95. The molecule has 5 atom stereocenters. The molecule has 3 aliphatic rings. The molecule has 1 saturated heterocycles. The number of hydrogen-bond donors (Lipinski definition) is 5. The predicted molar refractivity (Wildman–Crippen MR) is 158 cm³/mol. The largest absolute Gasteiger partial charge is 0.457 e. The highest BCUT2D eigenvalue weighted by atomic mass is 32.2. The minimum Gasteiger partial charge on any atom is -0.457 e. The Labute approximate surface area is 238 Å². The summed E-state index contributed by atoms with van der Waals surface area (Å²) < 4.78 is 6.13. The molecule has 0 bridgehead atoms. The van der Waals surface area contributed by atoms with Crippen LogP contribution in [-0.2, 0) is 15.1 Å². The molecule has 1 amide bonds. The van der Waals surface area contributed by atoms with E-state index in [0.717, 1.165) is 53.3 Å². The fourth-order valence-corrected chi connectivity index (χ4v) is 7.86. The van der Waals surface area contributed by atoms with Crippen LogP contribution in [0.25, 0.3) is 0 Å². The number of para-hydroxylation sites is 1. The van der Waals surface area contributed by atoms with Gasteiger partial charge in [0, 0.05) is 29.1 Å². The highest BCUT2D eigenvalue weighted by Gasteiger charge is 2.57. The molecule has 208 valence electrons. The first-order valence-corrected chi connectivity index (χ1v) is 14.6. The maximum Gasteiger partial charge on any atom is 0.234 e. The van der Waals surface area contributed by atoms with E-state index in [1.807, 2.05) is 62.4 Å². The Bertz CT molecular complexity index is 1490. The molecule has 0 radical (unpaired) electrons. The number of carbonyl (C=O) groups excluding carboxylic acids is 2. The van der Waals surface area contributed by atoms with Crippen LogP contribution in [0.2, 0.25) is 0 Å². The van der Waals surface area contributed by atoms with Gasteiger partial charge in [0.05, 0.1) is 11.3 Å². The van der Waals surface area contributed by atoms with Crippen LogP contribution in [0, 0.1) is 13.8 Å². The first-order chi connectivity index (χ1) is 19.2. The van der Waals surface area contributed by atoms with Crippen LogP contribution in [0.15, 0.2) is 59.5 Å². The first-order valence-electron chi connectivity index (χ1n) is 13.7. The van der Waals surface area contributed by atoms with Gasteiger partial charge in [-0.3, -0.25) is 9.59 Å². The van der Waals surface area contributed by atoms with Crippen LogP contribution in [0.4, 0.5) is 5.69 Å². The zero-order valence-electron chi connectivity index (χ0n) is 22.7. The highest BCUT2D eigenvalue weighted by Crippen LogP contribution is 2.56. The number of nitrogens with two attached hydrogens (primary N) is 3. The first kappa shape index (κ1) is 26.8. The lowest BCUT2D eigenvalue weighted by Crippen LogP contribution is -2.61. The molecule has 5 unspecified atom stereocenters. The van der Waals surface area contributed by atoms with Gasteiger partial charge in [-0.05, 0) is 85.3 Å². The number of carbonyl (C=O) groups is 2. The molecule has 3 aromatic carbocycles. The molecular formula is C31H35N5O3S. The number of nitrogens with one attached hydrogen (secondary N) is 2. The number of ether oxygens (including phenoxy) is 1. The van der Waals surface area contributed by atoms with Crippen LogP contribution >= 0.6 is 11.8 Å². The molecule has 1 fully saturated rings. The Morgan fingerprint density at radius 1 is 1.07 bits per heavy atom. The van der Waals surface area contributed by atoms with Gasteiger partial charge in [-0.1, -0.05) is 30.3 Å². The number of thioether (sulfide) groups is 1. The van der Waals surface area contributed by atoms with Gasteiger partial charge in [0.25, 0.3) is 0 Å². The molecule has 0 saturated carbocycles.